The van der Waals surface area contributed by atoms with Gasteiger partial charge in [0.15, 0.2) is 0 Å². The molecule has 0 spiro atoms. The zero-order valence-corrected chi connectivity index (χ0v) is 29.7. The van der Waals surface area contributed by atoms with Crippen molar-refractivity contribution in [2.24, 2.45) is 11.8 Å². The smallest absolute Gasteiger partial charge is 0.309 e. The Labute approximate surface area is 307 Å². The first-order chi connectivity index (χ1) is 25.4. The van der Waals surface area contributed by atoms with E-state index >= 15 is 0 Å². The highest BCUT2D eigenvalue weighted by atomic mass is 16.5. The number of benzene rings is 4. The van der Waals surface area contributed by atoms with E-state index in [1.165, 1.54) is 0 Å². The number of hydrogen-bond acceptors (Lipinski definition) is 6. The van der Waals surface area contributed by atoms with Crippen LogP contribution in [0.2, 0.25) is 0 Å². The van der Waals surface area contributed by atoms with Gasteiger partial charge < -0.3 is 25.2 Å². The summed E-state index contributed by atoms with van der Waals surface area (Å²) in [5, 5.41) is 16.0. The van der Waals surface area contributed by atoms with Gasteiger partial charge in [-0.2, -0.15) is 0 Å². The Morgan fingerprint density at radius 1 is 0.635 bits per heavy atom. The zero-order valence-electron chi connectivity index (χ0n) is 29.7. The van der Waals surface area contributed by atoms with Crippen molar-refractivity contribution in [2.75, 3.05) is 13.2 Å². The molecule has 4 atom stereocenters. The molecule has 8 nitrogen and oxygen atoms in total. The Hall–Kier alpha value is -5.47. The van der Waals surface area contributed by atoms with Crippen molar-refractivity contribution in [1.82, 2.24) is 10.6 Å². The topological polar surface area (TPSA) is 114 Å². The number of aliphatic hydroxyl groups is 1. The van der Waals surface area contributed by atoms with Crippen LogP contribution in [0.5, 0.6) is 5.75 Å². The predicted molar refractivity (Wildman–Crippen MR) is 204 cm³/mol. The molecule has 0 aliphatic carbocycles. The van der Waals surface area contributed by atoms with Crippen LogP contribution in [0.25, 0.3) is 0 Å². The normalized spacial score (nSPS) is 13.1. The van der Waals surface area contributed by atoms with E-state index in [4.69, 9.17) is 9.47 Å². The maximum atomic E-state index is 13.7. The molecule has 0 aliphatic heterocycles. The number of nitrogens with one attached hydrogen (secondary N) is 2. The van der Waals surface area contributed by atoms with E-state index in [2.05, 4.69) is 23.8 Å². The molecular formula is C44H50N2O6. The summed E-state index contributed by atoms with van der Waals surface area (Å²) < 4.78 is 11.7. The molecule has 272 valence electrons. The number of amides is 2. The lowest BCUT2D eigenvalue weighted by molar-refractivity contribution is -0.149. The Morgan fingerprint density at radius 3 is 1.73 bits per heavy atom. The van der Waals surface area contributed by atoms with Crippen molar-refractivity contribution in [3.63, 3.8) is 0 Å². The fraction of sp³-hybridized carbons (Fsp3) is 0.295. The molecule has 4 aromatic carbocycles. The average molecular weight is 703 g/mol. The van der Waals surface area contributed by atoms with Gasteiger partial charge in [-0.05, 0) is 66.5 Å². The average Bonchev–Trinajstić information content (AvgIpc) is 3.17. The third kappa shape index (κ3) is 13.7. The molecule has 0 heterocycles. The van der Waals surface area contributed by atoms with Gasteiger partial charge in [0.1, 0.15) is 19.0 Å². The van der Waals surface area contributed by atoms with Crippen molar-refractivity contribution in [3.05, 3.63) is 163 Å². The first-order valence-electron chi connectivity index (χ1n) is 17.8. The van der Waals surface area contributed by atoms with Crippen LogP contribution in [0, 0.1) is 11.8 Å². The monoisotopic (exact) mass is 702 g/mol. The fourth-order valence-corrected chi connectivity index (χ4v) is 5.94. The van der Waals surface area contributed by atoms with Gasteiger partial charge in [-0.25, -0.2) is 0 Å². The highest BCUT2D eigenvalue weighted by Gasteiger charge is 2.27. The van der Waals surface area contributed by atoms with Crippen molar-refractivity contribution >= 4 is 17.8 Å². The minimum absolute atomic E-state index is 0.0302. The molecule has 8 heteroatoms. The second kappa shape index (κ2) is 21.7. The molecule has 0 unspecified atom stereocenters. The summed E-state index contributed by atoms with van der Waals surface area (Å²) in [6, 6.07) is 35.8. The first kappa shape index (κ1) is 39.3. The summed E-state index contributed by atoms with van der Waals surface area (Å²) >= 11 is 0. The SMILES string of the molecule is C=CC[C@H](CC(=O)N[C@H](CO)Cc1ccc(OCc2ccccc2)cc1)C(=O)N[C@@H](COC(=O)[C@@H](CC=C)Cc1ccccc1)Cc1ccccc1. The van der Waals surface area contributed by atoms with Gasteiger partial charge >= 0.3 is 5.97 Å². The maximum Gasteiger partial charge on any atom is 0.309 e. The van der Waals surface area contributed by atoms with E-state index in [1.807, 2.05) is 115 Å². The van der Waals surface area contributed by atoms with Gasteiger partial charge in [0.25, 0.3) is 0 Å². The summed E-state index contributed by atoms with van der Waals surface area (Å²) in [5.41, 5.74) is 3.98. The van der Waals surface area contributed by atoms with E-state index in [-0.39, 0.29) is 43.8 Å². The molecule has 4 rings (SSSR count). The quantitative estimate of drug-likeness (QED) is 0.0631. The maximum absolute atomic E-state index is 13.7. The number of carbonyl (C=O) groups excluding carboxylic acids is 3. The number of ether oxygens (including phenoxy) is 2. The number of carbonyl (C=O) groups is 3. The molecule has 0 aliphatic rings. The Kier molecular flexibility index (Phi) is 16.4. The number of rotatable bonds is 22. The number of allylic oxidation sites excluding steroid dienone is 2. The Balaban J connectivity index is 1.33. The first-order valence-corrected chi connectivity index (χ1v) is 17.8. The summed E-state index contributed by atoms with van der Waals surface area (Å²) in [6.07, 6.45) is 5.30. The summed E-state index contributed by atoms with van der Waals surface area (Å²) in [6.45, 7) is 7.77. The van der Waals surface area contributed by atoms with Gasteiger partial charge in [-0.1, -0.05) is 115 Å². The second-order valence-corrected chi connectivity index (χ2v) is 12.9. The molecule has 3 N–H and O–H groups in total. The van der Waals surface area contributed by atoms with Crippen molar-refractivity contribution < 1.29 is 29.0 Å². The van der Waals surface area contributed by atoms with Crippen LogP contribution in [-0.4, -0.2) is 48.2 Å². The van der Waals surface area contributed by atoms with Crippen molar-refractivity contribution in [1.29, 1.82) is 0 Å². The van der Waals surface area contributed by atoms with E-state index < -0.39 is 23.9 Å². The van der Waals surface area contributed by atoms with Crippen molar-refractivity contribution in [3.8, 4) is 5.75 Å². The number of aliphatic hydroxyl groups excluding tert-OH is 1. The molecule has 0 saturated heterocycles. The lowest BCUT2D eigenvalue weighted by Gasteiger charge is -2.24. The van der Waals surface area contributed by atoms with E-state index in [0.29, 0.717) is 32.3 Å². The summed E-state index contributed by atoms with van der Waals surface area (Å²) in [4.78, 5) is 40.1. The minimum Gasteiger partial charge on any atom is -0.489 e. The molecule has 0 aromatic heterocycles. The van der Waals surface area contributed by atoms with Gasteiger partial charge in [0, 0.05) is 6.42 Å². The lowest BCUT2D eigenvalue weighted by Crippen LogP contribution is -2.45. The van der Waals surface area contributed by atoms with Gasteiger partial charge in [0.2, 0.25) is 11.8 Å². The van der Waals surface area contributed by atoms with Crippen LogP contribution >= 0.6 is 0 Å². The van der Waals surface area contributed by atoms with Gasteiger partial charge in [-0.3, -0.25) is 14.4 Å². The lowest BCUT2D eigenvalue weighted by atomic mass is 9.96. The Bertz CT molecular complexity index is 1680. The molecule has 4 aromatic rings. The third-order valence-corrected chi connectivity index (χ3v) is 8.70. The summed E-state index contributed by atoms with van der Waals surface area (Å²) in [5.74, 6) is -1.45. The highest BCUT2D eigenvalue weighted by Crippen LogP contribution is 2.18. The molecule has 0 radical (unpaired) electrons. The zero-order chi connectivity index (χ0) is 37.0. The van der Waals surface area contributed by atoms with Crippen LogP contribution in [0.1, 0.15) is 41.5 Å². The molecule has 52 heavy (non-hydrogen) atoms. The minimum atomic E-state index is -0.710. The number of esters is 1. The Morgan fingerprint density at radius 2 is 1.15 bits per heavy atom. The molecular weight excluding hydrogens is 652 g/mol. The van der Waals surface area contributed by atoms with Gasteiger partial charge in [-0.15, -0.1) is 13.2 Å². The van der Waals surface area contributed by atoms with E-state index in [9.17, 15) is 19.5 Å². The molecule has 0 bridgehead atoms. The standard InChI is InChI=1S/C44H50N2O6/c1-3-14-37(29-42(48)45-39(30-47)27-35-22-24-41(25-23-35)51-31-36-20-12-7-13-21-36)43(49)46-40(28-34-18-10-6-11-19-34)32-52-44(50)38(15-4-2)26-33-16-8-5-9-17-33/h3-13,16-25,37-40,47H,1-2,14-15,26-32H2,(H,45,48)(H,46,49)/t37-,38+,39+,40-/m1/s1. The number of hydrogen-bond donors (Lipinski definition) is 3. The van der Waals surface area contributed by atoms with Crippen LogP contribution in [-0.2, 0) is 45.0 Å². The molecule has 2 amide bonds. The van der Waals surface area contributed by atoms with Gasteiger partial charge in [0.05, 0.1) is 30.5 Å². The van der Waals surface area contributed by atoms with E-state index in [0.717, 1.165) is 28.0 Å². The van der Waals surface area contributed by atoms with Crippen LogP contribution in [0.3, 0.4) is 0 Å². The predicted octanol–water partition coefficient (Wildman–Crippen LogP) is 6.57. The van der Waals surface area contributed by atoms with Crippen LogP contribution in [0.15, 0.2) is 141 Å². The van der Waals surface area contributed by atoms with Crippen LogP contribution in [0.4, 0.5) is 0 Å². The fourth-order valence-electron chi connectivity index (χ4n) is 5.94. The molecule has 0 saturated carbocycles. The second-order valence-electron chi connectivity index (χ2n) is 12.9. The largest absolute Gasteiger partial charge is 0.489 e. The van der Waals surface area contributed by atoms with Crippen molar-refractivity contribution in [2.45, 2.75) is 57.2 Å². The highest BCUT2D eigenvalue weighted by molar-refractivity contribution is 5.86. The molecule has 0 fully saturated rings. The third-order valence-electron chi connectivity index (χ3n) is 8.70. The summed E-state index contributed by atoms with van der Waals surface area (Å²) in [7, 11) is 0. The van der Waals surface area contributed by atoms with Crippen LogP contribution < -0.4 is 15.4 Å². The van der Waals surface area contributed by atoms with E-state index in [1.54, 1.807) is 12.2 Å².